The van der Waals surface area contributed by atoms with Crippen molar-refractivity contribution in [3.05, 3.63) is 29.8 Å². The summed E-state index contributed by atoms with van der Waals surface area (Å²) in [5, 5.41) is 0. The molecule has 1 aromatic carbocycles. The van der Waals surface area contributed by atoms with E-state index < -0.39 is 0 Å². The molecule has 0 saturated heterocycles. The molecule has 2 N–H and O–H groups in total. The highest BCUT2D eigenvalue weighted by molar-refractivity contribution is 7.80. The Morgan fingerprint density at radius 2 is 1.80 bits per heavy atom. The topological polar surface area (TPSA) is 44.5 Å². The molecule has 0 spiro atoms. The van der Waals surface area contributed by atoms with Crippen molar-refractivity contribution in [2.24, 2.45) is 11.7 Å². The monoisotopic (exact) mass is 295 g/mol. The minimum absolute atomic E-state index is 0.284. The highest BCUT2D eigenvalue weighted by Crippen LogP contribution is 2.13. The summed E-state index contributed by atoms with van der Waals surface area (Å²) in [7, 11) is 0. The summed E-state index contributed by atoms with van der Waals surface area (Å²) in [6.07, 6.45) is 1.99. The number of ether oxygens (including phenoxy) is 2. The fourth-order valence-electron chi connectivity index (χ4n) is 2.05. The normalized spacial score (nSPS) is 12.4. The van der Waals surface area contributed by atoms with Crippen LogP contribution in [0, 0.1) is 5.92 Å². The van der Waals surface area contributed by atoms with E-state index in [0.717, 1.165) is 17.7 Å². The van der Waals surface area contributed by atoms with Crippen LogP contribution in [0.4, 0.5) is 0 Å². The lowest BCUT2D eigenvalue weighted by Crippen LogP contribution is -2.16. The summed E-state index contributed by atoms with van der Waals surface area (Å²) < 4.78 is 11.3. The van der Waals surface area contributed by atoms with Gasteiger partial charge in [0.05, 0.1) is 17.7 Å². The number of hydrogen-bond donors (Lipinski definition) is 1. The Balaban J connectivity index is 2.23. The molecule has 0 bridgehead atoms. The molecule has 0 aromatic heterocycles. The Morgan fingerprint density at radius 1 is 1.15 bits per heavy atom. The largest absolute Gasteiger partial charge is 0.491 e. The number of rotatable bonds is 9. The SMILES string of the molecule is CC(C)CC(C)OCCOc1ccc(CC(N)=S)cc1. The second kappa shape index (κ2) is 8.93. The third-order valence-electron chi connectivity index (χ3n) is 2.86. The molecule has 4 heteroatoms. The lowest BCUT2D eigenvalue weighted by molar-refractivity contribution is 0.0331. The maximum Gasteiger partial charge on any atom is 0.119 e. The van der Waals surface area contributed by atoms with E-state index in [1.165, 1.54) is 0 Å². The zero-order valence-electron chi connectivity index (χ0n) is 12.6. The van der Waals surface area contributed by atoms with Crippen LogP contribution in [-0.2, 0) is 11.2 Å². The van der Waals surface area contributed by atoms with Gasteiger partial charge in [-0.2, -0.15) is 0 Å². The molecule has 0 aliphatic rings. The Morgan fingerprint density at radius 3 is 2.35 bits per heavy atom. The minimum Gasteiger partial charge on any atom is -0.491 e. The van der Waals surface area contributed by atoms with E-state index in [2.05, 4.69) is 20.8 Å². The Bertz CT molecular complexity index is 403. The van der Waals surface area contributed by atoms with Crippen molar-refractivity contribution >= 4 is 17.2 Å². The molecule has 3 nitrogen and oxygen atoms in total. The Labute approximate surface area is 127 Å². The summed E-state index contributed by atoms with van der Waals surface area (Å²) in [4.78, 5) is 0.506. The summed E-state index contributed by atoms with van der Waals surface area (Å²) >= 11 is 4.88. The summed E-state index contributed by atoms with van der Waals surface area (Å²) in [5.74, 6) is 1.50. The second-order valence-corrected chi connectivity index (χ2v) is 5.97. The first-order valence-electron chi connectivity index (χ1n) is 7.09. The quantitative estimate of drug-likeness (QED) is 0.560. The maximum absolute atomic E-state index is 5.69. The molecule has 0 aliphatic heterocycles. The molecule has 0 heterocycles. The number of nitrogens with two attached hydrogens (primary N) is 1. The van der Waals surface area contributed by atoms with E-state index in [9.17, 15) is 0 Å². The van der Waals surface area contributed by atoms with Gasteiger partial charge in [-0.25, -0.2) is 0 Å². The summed E-state index contributed by atoms with van der Waals surface area (Å²) in [6.45, 7) is 7.68. The third-order valence-corrected chi connectivity index (χ3v) is 3.00. The smallest absolute Gasteiger partial charge is 0.119 e. The molecule has 1 atom stereocenters. The van der Waals surface area contributed by atoms with Crippen LogP contribution in [0.2, 0.25) is 0 Å². The lowest BCUT2D eigenvalue weighted by atomic mass is 10.1. The fourth-order valence-corrected chi connectivity index (χ4v) is 2.21. The average Bonchev–Trinajstić information content (AvgIpc) is 2.35. The predicted octanol–water partition coefficient (Wildman–Crippen LogP) is 3.35. The van der Waals surface area contributed by atoms with E-state index >= 15 is 0 Å². The Hall–Kier alpha value is -1.13. The van der Waals surface area contributed by atoms with Gasteiger partial charge in [0.25, 0.3) is 0 Å². The van der Waals surface area contributed by atoms with Crippen molar-refractivity contribution in [1.82, 2.24) is 0 Å². The van der Waals surface area contributed by atoms with Gasteiger partial charge in [-0.3, -0.25) is 0 Å². The number of benzene rings is 1. The molecule has 1 unspecified atom stereocenters. The van der Waals surface area contributed by atoms with E-state index in [4.69, 9.17) is 27.4 Å². The zero-order chi connectivity index (χ0) is 15.0. The second-order valence-electron chi connectivity index (χ2n) is 5.45. The van der Waals surface area contributed by atoms with Gasteiger partial charge in [-0.05, 0) is 37.0 Å². The molecule has 0 fully saturated rings. The molecular formula is C16H25NO2S. The molecule has 20 heavy (non-hydrogen) atoms. The molecule has 1 rings (SSSR count). The van der Waals surface area contributed by atoms with Crippen LogP contribution in [0.3, 0.4) is 0 Å². The molecule has 1 aromatic rings. The van der Waals surface area contributed by atoms with Crippen molar-refractivity contribution in [3.63, 3.8) is 0 Å². The van der Waals surface area contributed by atoms with Crippen molar-refractivity contribution in [1.29, 1.82) is 0 Å². The molecule has 0 aliphatic carbocycles. The average molecular weight is 295 g/mol. The number of thiocarbonyl (C=S) groups is 1. The van der Waals surface area contributed by atoms with Crippen LogP contribution in [0.1, 0.15) is 32.8 Å². The Kier molecular flexibility index (Phi) is 7.55. The highest BCUT2D eigenvalue weighted by Gasteiger charge is 2.05. The van der Waals surface area contributed by atoms with Gasteiger partial charge >= 0.3 is 0 Å². The van der Waals surface area contributed by atoms with Gasteiger partial charge in [0.15, 0.2) is 0 Å². The van der Waals surface area contributed by atoms with Crippen LogP contribution in [-0.4, -0.2) is 24.3 Å². The van der Waals surface area contributed by atoms with Crippen molar-refractivity contribution in [2.75, 3.05) is 13.2 Å². The van der Waals surface area contributed by atoms with Gasteiger partial charge in [-0.15, -0.1) is 0 Å². The molecule has 0 radical (unpaired) electrons. The maximum atomic E-state index is 5.69. The molecule has 112 valence electrons. The van der Waals surface area contributed by atoms with E-state index in [1.807, 2.05) is 24.3 Å². The fraction of sp³-hybridized carbons (Fsp3) is 0.562. The van der Waals surface area contributed by atoms with Crippen LogP contribution in [0.5, 0.6) is 5.75 Å². The van der Waals surface area contributed by atoms with Crippen LogP contribution in [0.25, 0.3) is 0 Å². The highest BCUT2D eigenvalue weighted by atomic mass is 32.1. The van der Waals surface area contributed by atoms with Gasteiger partial charge < -0.3 is 15.2 Å². The predicted molar refractivity (Wildman–Crippen MR) is 87.3 cm³/mol. The van der Waals surface area contributed by atoms with Crippen molar-refractivity contribution in [3.8, 4) is 5.75 Å². The van der Waals surface area contributed by atoms with Crippen molar-refractivity contribution < 1.29 is 9.47 Å². The first-order valence-corrected chi connectivity index (χ1v) is 7.50. The van der Waals surface area contributed by atoms with E-state index in [0.29, 0.717) is 30.5 Å². The molecule has 0 saturated carbocycles. The van der Waals surface area contributed by atoms with Crippen LogP contribution >= 0.6 is 12.2 Å². The van der Waals surface area contributed by atoms with Crippen molar-refractivity contribution in [2.45, 2.75) is 39.7 Å². The van der Waals surface area contributed by atoms with E-state index in [1.54, 1.807) is 0 Å². The first-order chi connectivity index (χ1) is 9.47. The standard InChI is InChI=1S/C16H25NO2S/c1-12(2)10-13(3)18-8-9-19-15-6-4-14(5-7-15)11-16(17)20/h4-7,12-13H,8-11H2,1-3H3,(H2,17,20). The zero-order valence-corrected chi connectivity index (χ0v) is 13.4. The van der Waals surface area contributed by atoms with Crippen LogP contribution < -0.4 is 10.5 Å². The third kappa shape index (κ3) is 7.46. The van der Waals surface area contributed by atoms with Gasteiger partial charge in [0, 0.05) is 6.42 Å². The van der Waals surface area contributed by atoms with Gasteiger partial charge in [0.2, 0.25) is 0 Å². The van der Waals surface area contributed by atoms with E-state index in [-0.39, 0.29) is 6.10 Å². The first kappa shape index (κ1) is 16.9. The lowest BCUT2D eigenvalue weighted by Gasteiger charge is -2.15. The van der Waals surface area contributed by atoms with Gasteiger partial charge in [0.1, 0.15) is 12.4 Å². The summed E-state index contributed by atoms with van der Waals surface area (Å²) in [6, 6.07) is 7.84. The number of hydrogen-bond acceptors (Lipinski definition) is 3. The summed E-state index contributed by atoms with van der Waals surface area (Å²) in [5.41, 5.74) is 6.61. The molecule has 0 amide bonds. The minimum atomic E-state index is 0.284. The van der Waals surface area contributed by atoms with Crippen LogP contribution in [0.15, 0.2) is 24.3 Å². The molecular weight excluding hydrogens is 270 g/mol. The van der Waals surface area contributed by atoms with Gasteiger partial charge in [-0.1, -0.05) is 38.2 Å².